The zero-order chi connectivity index (χ0) is 23.0. The normalized spacial score (nSPS) is 13.7. The van der Waals surface area contributed by atoms with Crippen molar-refractivity contribution in [2.24, 2.45) is 0 Å². The summed E-state index contributed by atoms with van der Waals surface area (Å²) in [7, 11) is 0. The van der Waals surface area contributed by atoms with Gasteiger partial charge in [0.05, 0.1) is 18.7 Å². The number of unbranched alkanes of at least 4 members (excludes halogenated alkanes) is 1. The van der Waals surface area contributed by atoms with Gasteiger partial charge >= 0.3 is 12.0 Å². The highest BCUT2D eigenvalue weighted by atomic mass is 32.1. The third-order valence-corrected chi connectivity index (χ3v) is 6.65. The van der Waals surface area contributed by atoms with Crippen LogP contribution >= 0.6 is 11.3 Å². The number of thiazole rings is 1. The van der Waals surface area contributed by atoms with Crippen LogP contribution in [0.5, 0.6) is 6.01 Å². The molecule has 0 amide bonds. The minimum Gasteiger partial charge on any atom is -0.481 e. The summed E-state index contributed by atoms with van der Waals surface area (Å²) in [6.45, 7) is 3.34. The van der Waals surface area contributed by atoms with Crippen LogP contribution in [0.3, 0.4) is 0 Å². The molecule has 0 fully saturated rings. The number of ether oxygens (including phenoxy) is 1. The van der Waals surface area contributed by atoms with E-state index in [1.165, 1.54) is 23.3 Å². The van der Waals surface area contributed by atoms with Crippen LogP contribution in [-0.4, -0.2) is 44.2 Å². The molecule has 3 aromatic rings. The second-order valence-electron chi connectivity index (χ2n) is 8.11. The Kier molecular flexibility index (Phi) is 7.83. The number of nitrogens with zero attached hydrogens (tertiary/aromatic N) is 4. The molecule has 0 bridgehead atoms. The van der Waals surface area contributed by atoms with Gasteiger partial charge in [-0.15, -0.1) is 11.3 Å². The van der Waals surface area contributed by atoms with Crippen LogP contribution in [0.4, 0.5) is 5.82 Å². The highest BCUT2D eigenvalue weighted by Crippen LogP contribution is 2.30. The molecule has 3 aromatic heterocycles. The van der Waals surface area contributed by atoms with Crippen LogP contribution in [0.2, 0.25) is 0 Å². The molecule has 4 rings (SSSR count). The molecular formula is C24H29N5O3S. The molecule has 4 heterocycles. The summed E-state index contributed by atoms with van der Waals surface area (Å²) in [5.74, 6) is -0.201. The van der Waals surface area contributed by atoms with Crippen LogP contribution < -0.4 is 10.1 Å². The third kappa shape index (κ3) is 6.25. The fourth-order valence-corrected chi connectivity index (χ4v) is 4.93. The van der Waals surface area contributed by atoms with Gasteiger partial charge in [-0.2, -0.15) is 0 Å². The van der Waals surface area contributed by atoms with Crippen LogP contribution in [0, 0.1) is 0 Å². The minimum atomic E-state index is -0.877. The lowest BCUT2D eigenvalue weighted by Gasteiger charge is -2.17. The number of fused-ring (bicyclic) bond motifs is 1. The van der Waals surface area contributed by atoms with Crippen LogP contribution in [-0.2, 0) is 24.1 Å². The van der Waals surface area contributed by atoms with Gasteiger partial charge in [0.2, 0.25) is 0 Å². The van der Waals surface area contributed by atoms with E-state index >= 15 is 0 Å². The molecule has 1 atom stereocenters. The van der Waals surface area contributed by atoms with Gasteiger partial charge in [-0.3, -0.25) is 4.79 Å². The topological polar surface area (TPSA) is 110 Å². The lowest BCUT2D eigenvalue weighted by atomic mass is 9.99. The molecule has 9 heteroatoms. The number of hydrogen-bond donors (Lipinski definition) is 2. The lowest BCUT2D eigenvalue weighted by molar-refractivity contribution is -0.137. The number of hydrogen-bond acceptors (Lipinski definition) is 8. The molecule has 174 valence electrons. The van der Waals surface area contributed by atoms with E-state index in [9.17, 15) is 9.90 Å². The van der Waals surface area contributed by atoms with Gasteiger partial charge in [-0.25, -0.2) is 19.9 Å². The van der Waals surface area contributed by atoms with Gasteiger partial charge in [-0.1, -0.05) is 6.07 Å². The molecule has 1 unspecified atom stereocenters. The maximum Gasteiger partial charge on any atom is 0.316 e. The summed E-state index contributed by atoms with van der Waals surface area (Å²) in [6, 6.07) is 4.63. The second-order valence-corrected chi connectivity index (χ2v) is 9.00. The number of rotatable bonds is 11. The average molecular weight is 468 g/mol. The van der Waals surface area contributed by atoms with E-state index in [1.54, 1.807) is 12.4 Å². The number of nitrogens with one attached hydrogen (secondary N) is 1. The molecule has 2 N–H and O–H groups in total. The number of carboxylic acid groups (broad SMARTS) is 1. The zero-order valence-corrected chi connectivity index (χ0v) is 19.6. The molecule has 0 aliphatic carbocycles. The summed E-state index contributed by atoms with van der Waals surface area (Å²) in [4.78, 5) is 29.3. The van der Waals surface area contributed by atoms with Gasteiger partial charge < -0.3 is 15.2 Å². The zero-order valence-electron chi connectivity index (χ0n) is 18.8. The SMILES string of the molecule is CCOc1ncc(C(CC(=O)O)c2nc(CCCCc3ccc4c(n3)NCCC4)cs2)cn1. The van der Waals surface area contributed by atoms with Gasteiger partial charge in [0, 0.05) is 35.9 Å². The van der Waals surface area contributed by atoms with Gasteiger partial charge in [-0.05, 0) is 62.6 Å². The summed E-state index contributed by atoms with van der Waals surface area (Å²) < 4.78 is 5.29. The maximum absolute atomic E-state index is 11.5. The second kappa shape index (κ2) is 11.2. The van der Waals surface area contributed by atoms with E-state index in [0.29, 0.717) is 12.6 Å². The average Bonchev–Trinajstić information content (AvgIpc) is 3.29. The number of pyridine rings is 1. The number of carboxylic acids is 1. The molecule has 0 radical (unpaired) electrons. The smallest absolute Gasteiger partial charge is 0.316 e. The van der Waals surface area contributed by atoms with Crippen molar-refractivity contribution in [1.82, 2.24) is 19.9 Å². The number of anilines is 1. The fraction of sp³-hybridized carbons (Fsp3) is 0.458. The van der Waals surface area contributed by atoms with E-state index in [-0.39, 0.29) is 12.3 Å². The van der Waals surface area contributed by atoms with E-state index in [2.05, 4.69) is 27.4 Å². The standard InChI is InChI=1S/C24H29N5O3S/c1-2-32-24-26-13-17(14-27-24)20(12-21(30)31)23-29-19(15-33-23)8-4-3-7-18-10-9-16-6-5-11-25-22(16)28-18/h9-10,13-15,20H,2-8,11-12H2,1H3,(H,25,28)(H,30,31). The van der Waals surface area contributed by atoms with Crippen LogP contribution in [0.15, 0.2) is 29.9 Å². The monoisotopic (exact) mass is 467 g/mol. The van der Waals surface area contributed by atoms with Crippen molar-refractivity contribution in [2.75, 3.05) is 18.5 Å². The predicted molar refractivity (Wildman–Crippen MR) is 127 cm³/mol. The number of aliphatic carboxylic acids is 1. The van der Waals surface area contributed by atoms with Gasteiger partial charge in [0.15, 0.2) is 0 Å². The molecule has 8 nitrogen and oxygen atoms in total. The van der Waals surface area contributed by atoms with Gasteiger partial charge in [0.25, 0.3) is 0 Å². The molecule has 0 aromatic carbocycles. The first kappa shape index (κ1) is 23.1. The van der Waals surface area contributed by atoms with E-state index in [1.807, 2.05) is 12.3 Å². The van der Waals surface area contributed by atoms with Crippen molar-refractivity contribution in [3.8, 4) is 6.01 Å². The predicted octanol–water partition coefficient (Wildman–Crippen LogP) is 4.26. The Morgan fingerprint density at radius 3 is 2.73 bits per heavy atom. The highest BCUT2D eigenvalue weighted by Gasteiger charge is 2.22. The Bertz CT molecular complexity index is 1070. The number of aryl methyl sites for hydroxylation is 3. The Labute approximate surface area is 197 Å². The van der Waals surface area contributed by atoms with Gasteiger partial charge in [0.1, 0.15) is 10.8 Å². The quantitative estimate of drug-likeness (QED) is 0.403. The Morgan fingerprint density at radius 2 is 1.97 bits per heavy atom. The summed E-state index contributed by atoms with van der Waals surface area (Å²) in [5.41, 5.74) is 4.17. The van der Waals surface area contributed by atoms with E-state index in [0.717, 1.165) is 66.4 Å². The fourth-order valence-electron chi connectivity index (χ4n) is 3.95. The highest BCUT2D eigenvalue weighted by molar-refractivity contribution is 7.09. The summed E-state index contributed by atoms with van der Waals surface area (Å²) >= 11 is 1.50. The lowest BCUT2D eigenvalue weighted by Crippen LogP contribution is -2.14. The molecular weight excluding hydrogens is 438 g/mol. The molecule has 0 saturated heterocycles. The first-order chi connectivity index (χ1) is 16.1. The number of carbonyl (C=O) groups is 1. The van der Waals surface area contributed by atoms with Crippen LogP contribution in [0.25, 0.3) is 0 Å². The van der Waals surface area contributed by atoms with Crippen molar-refractivity contribution in [3.05, 3.63) is 57.4 Å². The Morgan fingerprint density at radius 1 is 1.18 bits per heavy atom. The first-order valence-electron chi connectivity index (χ1n) is 11.5. The summed E-state index contributed by atoms with van der Waals surface area (Å²) in [5, 5.41) is 15.6. The van der Waals surface area contributed by atoms with Crippen molar-refractivity contribution < 1.29 is 14.6 Å². The maximum atomic E-state index is 11.5. The molecule has 33 heavy (non-hydrogen) atoms. The molecule has 0 saturated carbocycles. The van der Waals surface area contributed by atoms with Crippen molar-refractivity contribution in [3.63, 3.8) is 0 Å². The van der Waals surface area contributed by atoms with Crippen molar-refractivity contribution in [2.45, 2.75) is 57.8 Å². The minimum absolute atomic E-state index is 0.0532. The largest absolute Gasteiger partial charge is 0.481 e. The van der Waals surface area contributed by atoms with Crippen molar-refractivity contribution >= 4 is 23.1 Å². The Hall–Kier alpha value is -3.07. The molecule has 1 aliphatic heterocycles. The Balaban J connectivity index is 1.33. The van der Waals surface area contributed by atoms with Crippen LogP contribution in [0.1, 0.15) is 66.0 Å². The molecule has 0 spiro atoms. The summed E-state index contributed by atoms with van der Waals surface area (Å²) in [6.07, 6.45) is 9.32. The first-order valence-corrected chi connectivity index (χ1v) is 12.3. The van der Waals surface area contributed by atoms with E-state index < -0.39 is 5.97 Å². The number of aromatic nitrogens is 4. The third-order valence-electron chi connectivity index (χ3n) is 5.64. The van der Waals surface area contributed by atoms with E-state index in [4.69, 9.17) is 14.7 Å². The molecule has 1 aliphatic rings. The van der Waals surface area contributed by atoms with Crippen molar-refractivity contribution in [1.29, 1.82) is 0 Å².